The third-order valence-electron chi connectivity index (χ3n) is 3.04. The Morgan fingerprint density at radius 2 is 1.62 bits per heavy atom. The fourth-order valence-electron chi connectivity index (χ4n) is 2.08. The Balaban J connectivity index is 2.22. The monoisotopic (exact) mass is 384 g/mol. The molecular formula is C14H7BrCl2N2O2. The standard InChI is InChI=1S/C14H7BrCl2N2O2/c15-7-5-11-10(18-14(21)19-11)4-6(7)13(20)12-8(16)2-1-3-9(12)17/h1-5H,(H2,18,19,21). The van der Waals surface area contributed by atoms with Crippen LogP contribution in [0.5, 0.6) is 0 Å². The van der Waals surface area contributed by atoms with Crippen LogP contribution in [0.3, 0.4) is 0 Å². The molecule has 0 fully saturated rings. The molecule has 2 aromatic carbocycles. The molecule has 0 radical (unpaired) electrons. The molecule has 0 aliphatic heterocycles. The number of hydrogen-bond acceptors (Lipinski definition) is 2. The summed E-state index contributed by atoms with van der Waals surface area (Å²) in [5.74, 6) is -0.318. The highest BCUT2D eigenvalue weighted by Crippen LogP contribution is 2.30. The molecule has 0 aliphatic carbocycles. The molecule has 3 aromatic rings. The molecule has 1 heterocycles. The van der Waals surface area contributed by atoms with Gasteiger partial charge in [0.05, 0.1) is 26.6 Å². The number of fused-ring (bicyclic) bond motifs is 1. The molecule has 3 rings (SSSR count). The largest absolute Gasteiger partial charge is 0.323 e. The van der Waals surface area contributed by atoms with E-state index in [9.17, 15) is 9.59 Å². The van der Waals surface area contributed by atoms with Crippen molar-refractivity contribution < 1.29 is 4.79 Å². The maximum absolute atomic E-state index is 12.7. The van der Waals surface area contributed by atoms with E-state index in [1.54, 1.807) is 30.3 Å². The number of aromatic amines is 2. The molecule has 7 heteroatoms. The van der Waals surface area contributed by atoms with Crippen LogP contribution in [0.1, 0.15) is 15.9 Å². The maximum Gasteiger partial charge on any atom is 0.323 e. The van der Waals surface area contributed by atoms with Gasteiger partial charge in [-0.15, -0.1) is 0 Å². The van der Waals surface area contributed by atoms with Crippen LogP contribution in [-0.4, -0.2) is 15.8 Å². The lowest BCUT2D eigenvalue weighted by molar-refractivity contribution is 0.103. The van der Waals surface area contributed by atoms with E-state index in [2.05, 4.69) is 25.9 Å². The first-order valence-electron chi connectivity index (χ1n) is 5.87. The van der Waals surface area contributed by atoms with Crippen LogP contribution in [0.25, 0.3) is 11.0 Å². The first-order valence-corrected chi connectivity index (χ1v) is 7.42. The van der Waals surface area contributed by atoms with E-state index in [1.807, 2.05) is 0 Å². The fraction of sp³-hybridized carbons (Fsp3) is 0. The molecule has 0 saturated carbocycles. The Morgan fingerprint density at radius 3 is 2.24 bits per heavy atom. The van der Waals surface area contributed by atoms with E-state index in [0.717, 1.165) is 0 Å². The minimum atomic E-state index is -0.336. The van der Waals surface area contributed by atoms with Gasteiger partial charge in [-0.25, -0.2) is 4.79 Å². The first kappa shape index (κ1) is 14.4. The molecule has 0 aliphatic rings. The van der Waals surface area contributed by atoms with Gasteiger partial charge in [0.2, 0.25) is 0 Å². The molecule has 4 nitrogen and oxygen atoms in total. The van der Waals surface area contributed by atoms with Crippen molar-refractivity contribution in [2.24, 2.45) is 0 Å². The Labute approximate surface area is 137 Å². The van der Waals surface area contributed by atoms with Crippen LogP contribution in [0.2, 0.25) is 10.0 Å². The van der Waals surface area contributed by atoms with Gasteiger partial charge in [-0.05, 0) is 40.2 Å². The predicted molar refractivity (Wildman–Crippen MR) is 86.5 cm³/mol. The van der Waals surface area contributed by atoms with Crippen molar-refractivity contribution in [3.8, 4) is 0 Å². The smallest absolute Gasteiger partial charge is 0.306 e. The first-order chi connectivity index (χ1) is 9.97. The number of H-pyrrole nitrogens is 2. The van der Waals surface area contributed by atoms with Crippen LogP contribution in [-0.2, 0) is 0 Å². The number of halogens is 3. The number of hydrogen-bond donors (Lipinski definition) is 2. The summed E-state index contributed by atoms with van der Waals surface area (Å²) in [4.78, 5) is 29.2. The maximum atomic E-state index is 12.7. The zero-order valence-electron chi connectivity index (χ0n) is 10.3. The molecule has 0 unspecified atom stereocenters. The molecule has 1 aromatic heterocycles. The number of nitrogens with one attached hydrogen (secondary N) is 2. The van der Waals surface area contributed by atoms with Gasteiger partial charge in [-0.3, -0.25) is 4.79 Å². The average Bonchev–Trinajstić information content (AvgIpc) is 2.76. The Morgan fingerprint density at radius 1 is 1.05 bits per heavy atom. The third-order valence-corrected chi connectivity index (χ3v) is 4.32. The number of carbonyl (C=O) groups excluding carboxylic acids is 1. The lowest BCUT2D eigenvalue weighted by Crippen LogP contribution is -2.04. The molecule has 106 valence electrons. The van der Waals surface area contributed by atoms with Crippen molar-refractivity contribution in [3.05, 3.63) is 66.5 Å². The summed E-state index contributed by atoms with van der Waals surface area (Å²) < 4.78 is 0.547. The summed E-state index contributed by atoms with van der Waals surface area (Å²) in [5, 5.41) is 0.559. The highest BCUT2D eigenvalue weighted by molar-refractivity contribution is 9.10. The topological polar surface area (TPSA) is 65.7 Å². The summed E-state index contributed by atoms with van der Waals surface area (Å²) in [6.07, 6.45) is 0. The highest BCUT2D eigenvalue weighted by Gasteiger charge is 2.19. The summed E-state index contributed by atoms with van der Waals surface area (Å²) in [6.45, 7) is 0. The zero-order chi connectivity index (χ0) is 15.1. The zero-order valence-corrected chi connectivity index (χ0v) is 13.4. The van der Waals surface area contributed by atoms with E-state index >= 15 is 0 Å². The Bertz CT molecular complexity index is 910. The molecule has 0 saturated heterocycles. The van der Waals surface area contributed by atoms with Crippen molar-refractivity contribution in [1.29, 1.82) is 0 Å². The Kier molecular flexibility index (Phi) is 3.65. The van der Waals surface area contributed by atoms with E-state index in [4.69, 9.17) is 23.2 Å². The summed E-state index contributed by atoms with van der Waals surface area (Å²) in [6, 6.07) is 8.12. The van der Waals surface area contributed by atoms with E-state index in [-0.39, 0.29) is 27.1 Å². The fourth-order valence-corrected chi connectivity index (χ4v) is 3.17. The van der Waals surface area contributed by atoms with Crippen molar-refractivity contribution >= 4 is 55.9 Å². The van der Waals surface area contributed by atoms with Gasteiger partial charge in [0.1, 0.15) is 0 Å². The molecule has 0 bridgehead atoms. The van der Waals surface area contributed by atoms with Gasteiger partial charge in [0, 0.05) is 10.0 Å². The predicted octanol–water partition coefficient (Wildman–Crippen LogP) is 4.16. The van der Waals surface area contributed by atoms with Crippen LogP contribution >= 0.6 is 39.1 Å². The van der Waals surface area contributed by atoms with Gasteiger partial charge in [-0.2, -0.15) is 0 Å². The molecule has 2 N–H and O–H groups in total. The molecular weight excluding hydrogens is 379 g/mol. The lowest BCUT2D eigenvalue weighted by atomic mass is 10.0. The SMILES string of the molecule is O=C(c1cc2[nH]c(=O)[nH]c2cc1Br)c1c(Cl)cccc1Cl. The molecule has 0 atom stereocenters. The number of ketones is 1. The summed E-state index contributed by atoms with van der Waals surface area (Å²) in [7, 11) is 0. The van der Waals surface area contributed by atoms with Crippen LogP contribution in [0, 0.1) is 0 Å². The normalized spacial score (nSPS) is 11.0. The van der Waals surface area contributed by atoms with Gasteiger partial charge in [0.25, 0.3) is 0 Å². The van der Waals surface area contributed by atoms with Crippen LogP contribution < -0.4 is 5.69 Å². The van der Waals surface area contributed by atoms with Gasteiger partial charge < -0.3 is 9.97 Å². The minimum Gasteiger partial charge on any atom is -0.306 e. The lowest BCUT2D eigenvalue weighted by Gasteiger charge is -2.08. The van der Waals surface area contributed by atoms with E-state index in [1.165, 1.54) is 0 Å². The number of rotatable bonds is 2. The van der Waals surface area contributed by atoms with Crippen LogP contribution in [0.15, 0.2) is 39.6 Å². The number of carbonyl (C=O) groups is 1. The third kappa shape index (κ3) is 2.52. The number of aromatic nitrogens is 2. The summed E-state index contributed by atoms with van der Waals surface area (Å²) in [5.41, 5.74) is 1.41. The summed E-state index contributed by atoms with van der Waals surface area (Å²) >= 11 is 15.5. The molecule has 0 amide bonds. The van der Waals surface area contributed by atoms with Crippen molar-refractivity contribution in [3.63, 3.8) is 0 Å². The minimum absolute atomic E-state index is 0.235. The van der Waals surface area contributed by atoms with Gasteiger partial charge >= 0.3 is 5.69 Å². The number of benzene rings is 2. The van der Waals surface area contributed by atoms with Crippen molar-refractivity contribution in [2.45, 2.75) is 0 Å². The average molecular weight is 386 g/mol. The van der Waals surface area contributed by atoms with Gasteiger partial charge in [0.15, 0.2) is 5.78 Å². The second kappa shape index (κ2) is 5.33. The van der Waals surface area contributed by atoms with Crippen molar-refractivity contribution in [2.75, 3.05) is 0 Å². The molecule has 21 heavy (non-hydrogen) atoms. The van der Waals surface area contributed by atoms with E-state index < -0.39 is 0 Å². The van der Waals surface area contributed by atoms with Crippen LogP contribution in [0.4, 0.5) is 0 Å². The quantitative estimate of drug-likeness (QED) is 0.650. The van der Waals surface area contributed by atoms with Gasteiger partial charge in [-0.1, -0.05) is 29.3 Å². The van der Waals surface area contributed by atoms with E-state index in [0.29, 0.717) is 21.1 Å². The second-order valence-electron chi connectivity index (χ2n) is 4.38. The van der Waals surface area contributed by atoms with Crippen molar-refractivity contribution in [1.82, 2.24) is 9.97 Å². The molecule has 0 spiro atoms. The Hall–Kier alpha value is -1.56. The second-order valence-corrected chi connectivity index (χ2v) is 6.05. The number of imidazole rings is 1. The highest BCUT2D eigenvalue weighted by atomic mass is 79.9.